The molecule has 0 bridgehead atoms. The topological polar surface area (TPSA) is 61.0 Å². The molecule has 5 nitrogen and oxygen atoms in total. The van der Waals surface area contributed by atoms with Gasteiger partial charge in [0.2, 0.25) is 5.91 Å². The second-order valence-corrected chi connectivity index (χ2v) is 6.94. The second-order valence-electron chi connectivity index (χ2n) is 6.94. The Kier molecular flexibility index (Phi) is 4.34. The molecule has 0 spiro atoms. The second kappa shape index (κ2) is 6.77. The molecule has 2 heterocycles. The zero-order valence-electron chi connectivity index (χ0n) is 13.8. The zero-order valence-corrected chi connectivity index (χ0v) is 13.8. The summed E-state index contributed by atoms with van der Waals surface area (Å²) in [5.41, 5.74) is 2.26. The molecule has 2 fully saturated rings. The van der Waals surface area contributed by atoms with Gasteiger partial charge in [-0.2, -0.15) is 5.10 Å². The van der Waals surface area contributed by atoms with Crippen LogP contribution in [0.25, 0.3) is 0 Å². The quantitative estimate of drug-likeness (QED) is 0.889. The predicted octanol–water partition coefficient (Wildman–Crippen LogP) is 2.61. The molecular weight excluding hydrogens is 300 g/mol. The van der Waals surface area contributed by atoms with Crippen molar-refractivity contribution in [1.29, 1.82) is 0 Å². The van der Waals surface area contributed by atoms with Crippen LogP contribution in [0.1, 0.15) is 48.9 Å². The molecule has 2 aromatic rings. The van der Waals surface area contributed by atoms with Gasteiger partial charge in [-0.25, -0.2) is 0 Å². The standard InChI is InChI=1S/C19H24N4O/c24-19(21-16-8-9-16)18(14-5-2-1-3-6-14)23-12-4-7-15(13-23)17-10-11-20-22-17/h1-3,5-6,10-11,15-16,18H,4,7-9,12-13H2,(H,20,22)(H,21,24)/t15-,18+/m0/s1. The van der Waals surface area contributed by atoms with Crippen LogP contribution in [-0.2, 0) is 4.79 Å². The fraction of sp³-hybridized carbons (Fsp3) is 0.474. The molecule has 1 aliphatic carbocycles. The number of aromatic amines is 1. The van der Waals surface area contributed by atoms with Crippen molar-refractivity contribution in [1.82, 2.24) is 20.4 Å². The van der Waals surface area contributed by atoms with Crippen molar-refractivity contribution in [3.05, 3.63) is 53.9 Å². The molecule has 126 valence electrons. The molecule has 4 rings (SSSR count). The van der Waals surface area contributed by atoms with Gasteiger partial charge in [-0.05, 0) is 43.9 Å². The number of hydrogen-bond donors (Lipinski definition) is 2. The Bertz CT molecular complexity index is 666. The molecule has 1 aromatic carbocycles. The number of benzene rings is 1. The molecule has 0 radical (unpaired) electrons. The summed E-state index contributed by atoms with van der Waals surface area (Å²) in [4.78, 5) is 15.2. The highest BCUT2D eigenvalue weighted by Gasteiger charge is 2.35. The molecular formula is C19H24N4O. The first-order valence-electron chi connectivity index (χ1n) is 8.90. The molecule has 2 atom stereocenters. The summed E-state index contributed by atoms with van der Waals surface area (Å²) in [5, 5.41) is 10.4. The Morgan fingerprint density at radius 2 is 2.04 bits per heavy atom. The summed E-state index contributed by atoms with van der Waals surface area (Å²) in [6.45, 7) is 1.85. The lowest BCUT2D eigenvalue weighted by Gasteiger charge is -2.37. The van der Waals surface area contributed by atoms with Crippen LogP contribution in [0, 0.1) is 0 Å². The summed E-state index contributed by atoms with van der Waals surface area (Å²) >= 11 is 0. The van der Waals surface area contributed by atoms with Gasteiger partial charge in [-0.15, -0.1) is 0 Å². The van der Waals surface area contributed by atoms with E-state index in [1.54, 1.807) is 0 Å². The zero-order chi connectivity index (χ0) is 16.4. The van der Waals surface area contributed by atoms with Crippen LogP contribution in [-0.4, -0.2) is 40.1 Å². The summed E-state index contributed by atoms with van der Waals surface area (Å²) in [7, 11) is 0. The third-order valence-electron chi connectivity index (χ3n) is 5.07. The number of rotatable bonds is 5. The average molecular weight is 324 g/mol. The third-order valence-corrected chi connectivity index (χ3v) is 5.07. The Hall–Kier alpha value is -2.14. The lowest BCUT2D eigenvalue weighted by Crippen LogP contribution is -2.45. The smallest absolute Gasteiger partial charge is 0.242 e. The number of amides is 1. The minimum Gasteiger partial charge on any atom is -0.352 e. The van der Waals surface area contributed by atoms with E-state index in [0.717, 1.165) is 44.3 Å². The Labute approximate surface area is 142 Å². The first-order chi connectivity index (χ1) is 11.8. The van der Waals surface area contributed by atoms with E-state index in [1.165, 1.54) is 5.69 Å². The van der Waals surface area contributed by atoms with Crippen molar-refractivity contribution >= 4 is 5.91 Å². The van der Waals surface area contributed by atoms with Crippen LogP contribution in [0.5, 0.6) is 0 Å². The maximum absolute atomic E-state index is 12.9. The molecule has 0 unspecified atom stereocenters. The van der Waals surface area contributed by atoms with Crippen molar-refractivity contribution in [2.45, 2.75) is 43.7 Å². The van der Waals surface area contributed by atoms with Crippen LogP contribution < -0.4 is 5.32 Å². The number of nitrogens with one attached hydrogen (secondary N) is 2. The van der Waals surface area contributed by atoms with E-state index in [-0.39, 0.29) is 11.9 Å². The first-order valence-corrected chi connectivity index (χ1v) is 8.90. The third kappa shape index (κ3) is 3.36. The van der Waals surface area contributed by atoms with Gasteiger partial charge in [-0.3, -0.25) is 14.8 Å². The normalized spacial score (nSPS) is 22.9. The first kappa shape index (κ1) is 15.4. The van der Waals surface area contributed by atoms with Gasteiger partial charge in [0, 0.05) is 30.4 Å². The Balaban J connectivity index is 1.56. The van der Waals surface area contributed by atoms with Crippen LogP contribution in [0.15, 0.2) is 42.6 Å². The molecule has 1 amide bonds. The fourth-order valence-electron chi connectivity index (χ4n) is 3.66. The average Bonchev–Trinajstić information content (AvgIpc) is 3.25. The van der Waals surface area contributed by atoms with Crippen LogP contribution >= 0.6 is 0 Å². The van der Waals surface area contributed by atoms with E-state index in [1.807, 2.05) is 24.4 Å². The van der Waals surface area contributed by atoms with Gasteiger partial charge < -0.3 is 5.32 Å². The molecule has 2 N–H and O–H groups in total. The highest BCUT2D eigenvalue weighted by Crippen LogP contribution is 2.32. The summed E-state index contributed by atoms with van der Waals surface area (Å²) < 4.78 is 0. The number of hydrogen-bond acceptors (Lipinski definition) is 3. The van der Waals surface area contributed by atoms with E-state index in [4.69, 9.17) is 0 Å². The van der Waals surface area contributed by atoms with Crippen molar-refractivity contribution in [3.63, 3.8) is 0 Å². The highest BCUT2D eigenvalue weighted by molar-refractivity contribution is 5.83. The number of H-pyrrole nitrogens is 1. The molecule has 5 heteroatoms. The van der Waals surface area contributed by atoms with Crippen LogP contribution in [0.4, 0.5) is 0 Å². The number of aromatic nitrogens is 2. The van der Waals surface area contributed by atoms with Crippen molar-refractivity contribution in [2.75, 3.05) is 13.1 Å². The van der Waals surface area contributed by atoms with E-state index >= 15 is 0 Å². The molecule has 1 saturated heterocycles. The van der Waals surface area contributed by atoms with Gasteiger partial charge in [0.1, 0.15) is 6.04 Å². The van der Waals surface area contributed by atoms with Crippen molar-refractivity contribution in [3.8, 4) is 0 Å². The predicted molar refractivity (Wildman–Crippen MR) is 92.5 cm³/mol. The van der Waals surface area contributed by atoms with Crippen LogP contribution in [0.3, 0.4) is 0 Å². The number of piperidine rings is 1. The van der Waals surface area contributed by atoms with Gasteiger partial charge in [0.15, 0.2) is 0 Å². The largest absolute Gasteiger partial charge is 0.352 e. The van der Waals surface area contributed by atoms with Gasteiger partial charge in [-0.1, -0.05) is 30.3 Å². The van der Waals surface area contributed by atoms with Crippen LogP contribution in [0.2, 0.25) is 0 Å². The molecule has 1 aliphatic heterocycles. The van der Waals surface area contributed by atoms with E-state index in [9.17, 15) is 4.79 Å². The molecule has 1 saturated carbocycles. The lowest BCUT2D eigenvalue weighted by atomic mass is 9.92. The van der Waals surface area contributed by atoms with Gasteiger partial charge in [0.05, 0.1) is 0 Å². The highest BCUT2D eigenvalue weighted by atomic mass is 16.2. The summed E-state index contributed by atoms with van der Waals surface area (Å²) in [6, 6.07) is 12.4. The van der Waals surface area contributed by atoms with E-state index in [2.05, 4.69) is 38.6 Å². The van der Waals surface area contributed by atoms with Crippen molar-refractivity contribution < 1.29 is 4.79 Å². The molecule has 2 aliphatic rings. The number of likely N-dealkylation sites (tertiary alicyclic amines) is 1. The maximum Gasteiger partial charge on any atom is 0.242 e. The molecule has 1 aromatic heterocycles. The lowest BCUT2D eigenvalue weighted by molar-refractivity contribution is -0.127. The number of carbonyl (C=O) groups is 1. The summed E-state index contributed by atoms with van der Waals surface area (Å²) in [6.07, 6.45) is 6.28. The molecule has 24 heavy (non-hydrogen) atoms. The monoisotopic (exact) mass is 324 g/mol. The minimum atomic E-state index is -0.197. The minimum absolute atomic E-state index is 0.147. The Morgan fingerprint density at radius 1 is 1.21 bits per heavy atom. The number of carbonyl (C=O) groups excluding carboxylic acids is 1. The maximum atomic E-state index is 12.9. The van der Waals surface area contributed by atoms with E-state index < -0.39 is 0 Å². The fourth-order valence-corrected chi connectivity index (χ4v) is 3.66. The van der Waals surface area contributed by atoms with Crippen molar-refractivity contribution in [2.24, 2.45) is 0 Å². The number of nitrogens with zero attached hydrogens (tertiary/aromatic N) is 2. The van der Waals surface area contributed by atoms with Gasteiger partial charge in [0.25, 0.3) is 0 Å². The Morgan fingerprint density at radius 3 is 2.75 bits per heavy atom. The SMILES string of the molecule is O=C(NC1CC1)[C@@H](c1ccccc1)N1CCC[C@H](c2ccn[nH]2)C1. The van der Waals surface area contributed by atoms with Gasteiger partial charge >= 0.3 is 0 Å². The summed E-state index contributed by atoms with van der Waals surface area (Å²) in [5.74, 6) is 0.565. The van der Waals surface area contributed by atoms with E-state index in [0.29, 0.717) is 12.0 Å².